The number of amidine groups is 1. The van der Waals surface area contributed by atoms with E-state index in [9.17, 15) is 0 Å². The number of hydrogen-bond acceptors (Lipinski definition) is 5. The maximum absolute atomic E-state index is 4.59. The topological polar surface area (TPSA) is 53.4 Å². The minimum Gasteiger partial charge on any atom is -0.348 e. The van der Waals surface area contributed by atoms with Crippen LogP contribution < -0.4 is 5.32 Å². The molecule has 0 spiro atoms. The summed E-state index contributed by atoms with van der Waals surface area (Å²) in [4.78, 5) is 15.6. The van der Waals surface area contributed by atoms with Crippen LogP contribution in [0.15, 0.2) is 17.4 Å². The van der Waals surface area contributed by atoms with Gasteiger partial charge in [0.15, 0.2) is 11.7 Å². The molecule has 0 bridgehead atoms. The summed E-state index contributed by atoms with van der Waals surface area (Å²) in [6, 6.07) is 0. The summed E-state index contributed by atoms with van der Waals surface area (Å²) in [6.07, 6.45) is 5.91. The molecule has 0 saturated carbocycles. The molecule has 2 aliphatic heterocycles. The monoisotopic (exact) mass is 217 g/mol. The number of hydrogen-bond donors (Lipinski definition) is 1. The largest absolute Gasteiger partial charge is 0.348 e. The van der Waals surface area contributed by atoms with E-state index >= 15 is 0 Å². The molecule has 84 valence electrons. The third kappa shape index (κ3) is 1.35. The van der Waals surface area contributed by atoms with Crippen molar-refractivity contribution < 1.29 is 0 Å². The fraction of sp³-hybridized carbons (Fsp3) is 0.545. The van der Waals surface area contributed by atoms with Crippen molar-refractivity contribution >= 4 is 11.7 Å². The molecule has 3 heterocycles. The predicted octanol–water partition coefficient (Wildman–Crippen LogP) is 1.09. The van der Waals surface area contributed by atoms with Gasteiger partial charge in [0.1, 0.15) is 11.9 Å². The van der Waals surface area contributed by atoms with Gasteiger partial charge in [0, 0.05) is 25.5 Å². The van der Waals surface area contributed by atoms with Crippen LogP contribution in [0.4, 0.5) is 5.82 Å². The van der Waals surface area contributed by atoms with Crippen LogP contribution in [0.25, 0.3) is 0 Å². The van der Waals surface area contributed by atoms with Gasteiger partial charge in [-0.15, -0.1) is 0 Å². The van der Waals surface area contributed by atoms with Crippen molar-refractivity contribution in [2.45, 2.75) is 25.9 Å². The number of rotatable bonds is 1. The summed E-state index contributed by atoms with van der Waals surface area (Å²) < 4.78 is 0. The molecule has 0 amide bonds. The highest BCUT2D eigenvalue weighted by Crippen LogP contribution is 2.25. The third-order valence-corrected chi connectivity index (χ3v) is 3.07. The van der Waals surface area contributed by atoms with Gasteiger partial charge in [0.2, 0.25) is 0 Å². The van der Waals surface area contributed by atoms with E-state index in [-0.39, 0.29) is 0 Å². The third-order valence-electron chi connectivity index (χ3n) is 3.07. The lowest BCUT2D eigenvalue weighted by Crippen LogP contribution is -2.51. The summed E-state index contributed by atoms with van der Waals surface area (Å²) in [6.45, 7) is 4.13. The highest BCUT2D eigenvalue weighted by Gasteiger charge is 2.31. The highest BCUT2D eigenvalue weighted by atomic mass is 15.4. The number of anilines is 1. The number of aliphatic imine (C=N–C) groups is 1. The Balaban J connectivity index is 2.09. The smallest absolute Gasteiger partial charge is 0.157 e. The summed E-state index contributed by atoms with van der Waals surface area (Å²) >= 11 is 0. The molecule has 0 fully saturated rings. The normalized spacial score (nSPS) is 22.9. The standard InChI is InChI=1S/C11H15N5/c1-2-8-15-10-9(12-5-6-13-10)11-14-4-3-7-16(8)11/h5-6,8H,2-4,7H2,1H3,(H,13,15)/t8-/m1/s1. The molecule has 3 rings (SSSR count). The molecule has 2 aliphatic rings. The van der Waals surface area contributed by atoms with Crippen LogP contribution in [-0.4, -0.2) is 40.0 Å². The van der Waals surface area contributed by atoms with Gasteiger partial charge in [-0.05, 0) is 12.8 Å². The molecule has 0 aliphatic carbocycles. The van der Waals surface area contributed by atoms with E-state index in [0.29, 0.717) is 6.17 Å². The second-order valence-corrected chi connectivity index (χ2v) is 4.07. The average molecular weight is 217 g/mol. The molecule has 0 saturated heterocycles. The van der Waals surface area contributed by atoms with E-state index in [1.807, 2.05) is 0 Å². The minimum absolute atomic E-state index is 0.309. The Morgan fingerprint density at radius 2 is 2.31 bits per heavy atom. The van der Waals surface area contributed by atoms with E-state index in [2.05, 4.69) is 32.1 Å². The molecular weight excluding hydrogens is 202 g/mol. The number of fused-ring (bicyclic) bond motifs is 3. The van der Waals surface area contributed by atoms with E-state index in [1.165, 1.54) is 0 Å². The molecule has 1 atom stereocenters. The molecule has 16 heavy (non-hydrogen) atoms. The lowest BCUT2D eigenvalue weighted by atomic mass is 10.1. The summed E-state index contributed by atoms with van der Waals surface area (Å²) in [7, 11) is 0. The highest BCUT2D eigenvalue weighted by molar-refractivity contribution is 6.03. The summed E-state index contributed by atoms with van der Waals surface area (Å²) in [5, 5.41) is 3.42. The zero-order chi connectivity index (χ0) is 11.0. The maximum atomic E-state index is 4.59. The first-order chi connectivity index (χ1) is 7.90. The van der Waals surface area contributed by atoms with Crippen molar-refractivity contribution in [3.05, 3.63) is 18.1 Å². The molecule has 1 aromatic rings. The number of nitrogens with zero attached hydrogens (tertiary/aromatic N) is 4. The van der Waals surface area contributed by atoms with Crippen LogP contribution in [0.1, 0.15) is 25.5 Å². The molecule has 1 N–H and O–H groups in total. The van der Waals surface area contributed by atoms with Crippen molar-refractivity contribution in [3.8, 4) is 0 Å². The van der Waals surface area contributed by atoms with Crippen molar-refractivity contribution in [2.24, 2.45) is 4.99 Å². The molecule has 5 nitrogen and oxygen atoms in total. The zero-order valence-corrected chi connectivity index (χ0v) is 9.35. The lowest BCUT2D eigenvalue weighted by molar-refractivity contribution is 0.308. The van der Waals surface area contributed by atoms with E-state index in [4.69, 9.17) is 0 Å². The van der Waals surface area contributed by atoms with E-state index in [1.54, 1.807) is 12.4 Å². The van der Waals surface area contributed by atoms with Gasteiger partial charge < -0.3 is 10.2 Å². The molecule has 1 aromatic heterocycles. The number of aromatic nitrogens is 2. The lowest BCUT2D eigenvalue weighted by Gasteiger charge is -2.40. The Labute approximate surface area is 94.6 Å². The van der Waals surface area contributed by atoms with Crippen molar-refractivity contribution in [2.75, 3.05) is 18.4 Å². The van der Waals surface area contributed by atoms with Gasteiger partial charge in [-0.25, -0.2) is 9.97 Å². The van der Waals surface area contributed by atoms with Crippen LogP contribution in [0, 0.1) is 0 Å². The fourth-order valence-electron chi connectivity index (χ4n) is 2.30. The Bertz CT molecular complexity index is 428. The Kier molecular flexibility index (Phi) is 2.23. The van der Waals surface area contributed by atoms with Crippen LogP contribution in [-0.2, 0) is 0 Å². The quantitative estimate of drug-likeness (QED) is 0.765. The van der Waals surface area contributed by atoms with Crippen LogP contribution in [0.5, 0.6) is 0 Å². The second-order valence-electron chi connectivity index (χ2n) is 4.07. The minimum atomic E-state index is 0.309. The Morgan fingerprint density at radius 1 is 1.44 bits per heavy atom. The van der Waals surface area contributed by atoms with Crippen LogP contribution in [0.3, 0.4) is 0 Å². The SMILES string of the molecule is CC[C@@H]1Nc2nccnc2C2=NCCCN21. The Hall–Kier alpha value is -1.65. The van der Waals surface area contributed by atoms with Crippen LogP contribution >= 0.6 is 0 Å². The Morgan fingerprint density at radius 3 is 3.19 bits per heavy atom. The first-order valence-electron chi connectivity index (χ1n) is 5.79. The molecule has 0 aromatic carbocycles. The summed E-state index contributed by atoms with van der Waals surface area (Å²) in [5.74, 6) is 1.88. The molecule has 0 radical (unpaired) electrons. The van der Waals surface area contributed by atoms with Gasteiger partial charge >= 0.3 is 0 Å². The fourth-order valence-corrected chi connectivity index (χ4v) is 2.30. The zero-order valence-electron chi connectivity index (χ0n) is 9.35. The first kappa shape index (κ1) is 9.57. The predicted molar refractivity (Wildman–Crippen MR) is 62.5 cm³/mol. The first-order valence-corrected chi connectivity index (χ1v) is 5.79. The molecule has 5 heteroatoms. The summed E-state index contributed by atoms with van der Waals surface area (Å²) in [5.41, 5.74) is 0.895. The van der Waals surface area contributed by atoms with Crippen molar-refractivity contribution in [1.29, 1.82) is 0 Å². The molecular formula is C11H15N5. The van der Waals surface area contributed by atoms with Gasteiger partial charge in [-0.1, -0.05) is 6.92 Å². The molecule has 0 unspecified atom stereocenters. The maximum Gasteiger partial charge on any atom is 0.157 e. The van der Waals surface area contributed by atoms with Gasteiger partial charge in [-0.3, -0.25) is 4.99 Å². The van der Waals surface area contributed by atoms with Crippen LogP contribution in [0.2, 0.25) is 0 Å². The second kappa shape index (κ2) is 3.73. The van der Waals surface area contributed by atoms with Gasteiger partial charge in [0.05, 0.1) is 0 Å². The van der Waals surface area contributed by atoms with E-state index in [0.717, 1.165) is 43.3 Å². The van der Waals surface area contributed by atoms with Crippen molar-refractivity contribution in [3.63, 3.8) is 0 Å². The van der Waals surface area contributed by atoms with Gasteiger partial charge in [-0.2, -0.15) is 0 Å². The average Bonchev–Trinajstić information content (AvgIpc) is 2.38. The van der Waals surface area contributed by atoms with Gasteiger partial charge in [0.25, 0.3) is 0 Å². The van der Waals surface area contributed by atoms with E-state index < -0.39 is 0 Å². The van der Waals surface area contributed by atoms with Crippen molar-refractivity contribution in [1.82, 2.24) is 14.9 Å². The number of nitrogens with one attached hydrogen (secondary N) is 1.